The van der Waals surface area contributed by atoms with Crippen LogP contribution in [0.5, 0.6) is 0 Å². The lowest BCUT2D eigenvalue weighted by Gasteiger charge is -2.03. The molecule has 0 spiro atoms. The zero-order valence-electron chi connectivity index (χ0n) is 16.9. The third kappa shape index (κ3) is 15.2. The van der Waals surface area contributed by atoms with Crippen LogP contribution in [0.3, 0.4) is 0 Å². The summed E-state index contributed by atoms with van der Waals surface area (Å²) in [6.07, 6.45) is 30.1. The van der Waals surface area contributed by atoms with Gasteiger partial charge in [-0.1, -0.05) is 116 Å². The second kappa shape index (κ2) is 18.0. The second-order valence-electron chi connectivity index (χ2n) is 7.69. The van der Waals surface area contributed by atoms with Gasteiger partial charge in [0, 0.05) is 6.42 Å². The maximum absolute atomic E-state index is 5.26. The molecule has 0 saturated heterocycles. The van der Waals surface area contributed by atoms with Crippen molar-refractivity contribution >= 4 is 0 Å². The number of aryl methyl sites for hydroxylation is 1. The molecule has 2 nitrogen and oxygen atoms in total. The van der Waals surface area contributed by atoms with Gasteiger partial charge in [-0.3, -0.25) is 0 Å². The zero-order valence-corrected chi connectivity index (χ0v) is 16.9. The minimum atomic E-state index is 0.900. The van der Waals surface area contributed by atoms with E-state index in [1.807, 2.05) is 0 Å². The van der Waals surface area contributed by atoms with Crippen LogP contribution >= 0.6 is 0 Å². The predicted octanol–water partition coefficient (Wildman–Crippen LogP) is 8.26. The smallest absolute Gasteiger partial charge is 0.193 e. The molecule has 0 aliphatic carbocycles. The second-order valence-corrected chi connectivity index (χ2v) is 7.69. The lowest BCUT2D eigenvalue weighted by molar-refractivity contribution is 0.476. The number of aromatic nitrogens is 1. The van der Waals surface area contributed by atoms with Crippen LogP contribution < -0.4 is 0 Å². The standard InChI is InChI=1S/C23H43NO/c1-2-3-4-5-6-7-8-9-10-11-12-13-14-15-16-17-18-19-20-23-24-21-22-25-23/h21-22H,2-20H2,1H3. The van der Waals surface area contributed by atoms with Gasteiger partial charge in [0.15, 0.2) is 5.89 Å². The molecule has 0 aromatic carbocycles. The molecule has 0 amide bonds. The van der Waals surface area contributed by atoms with Gasteiger partial charge in [0.2, 0.25) is 0 Å². The van der Waals surface area contributed by atoms with Crippen molar-refractivity contribution in [3.05, 3.63) is 18.4 Å². The molecule has 0 bridgehead atoms. The number of hydrogen-bond acceptors (Lipinski definition) is 2. The maximum Gasteiger partial charge on any atom is 0.193 e. The molecule has 1 aromatic rings. The Kier molecular flexibility index (Phi) is 16.0. The topological polar surface area (TPSA) is 26.0 Å². The number of hydrogen-bond donors (Lipinski definition) is 0. The highest BCUT2D eigenvalue weighted by molar-refractivity contribution is 4.79. The number of unbranched alkanes of at least 4 members (excludes halogenated alkanes) is 17. The van der Waals surface area contributed by atoms with Crippen LogP contribution in [0, 0.1) is 0 Å². The van der Waals surface area contributed by atoms with Crippen molar-refractivity contribution in [3.8, 4) is 0 Å². The minimum Gasteiger partial charge on any atom is -0.449 e. The minimum absolute atomic E-state index is 0.900. The average molecular weight is 350 g/mol. The van der Waals surface area contributed by atoms with E-state index in [1.54, 1.807) is 12.5 Å². The average Bonchev–Trinajstić information content (AvgIpc) is 3.14. The Morgan fingerprint density at radius 1 is 0.600 bits per heavy atom. The first-order valence-electron chi connectivity index (χ1n) is 11.3. The first kappa shape index (κ1) is 22.3. The Balaban J connectivity index is 1.65. The van der Waals surface area contributed by atoms with Crippen LogP contribution in [0.4, 0.5) is 0 Å². The third-order valence-electron chi connectivity index (χ3n) is 5.23. The van der Waals surface area contributed by atoms with Crippen LogP contribution in [0.25, 0.3) is 0 Å². The lowest BCUT2D eigenvalue weighted by atomic mass is 10.0. The summed E-state index contributed by atoms with van der Waals surface area (Å²) >= 11 is 0. The van der Waals surface area contributed by atoms with Gasteiger partial charge in [0.1, 0.15) is 6.26 Å². The summed E-state index contributed by atoms with van der Waals surface area (Å²) in [5.41, 5.74) is 0. The molecular formula is C23H43NO. The van der Waals surface area contributed by atoms with E-state index in [9.17, 15) is 0 Å². The molecule has 0 N–H and O–H groups in total. The normalized spacial score (nSPS) is 11.2. The van der Waals surface area contributed by atoms with E-state index in [0.717, 1.165) is 12.3 Å². The van der Waals surface area contributed by atoms with Crippen LogP contribution in [0.2, 0.25) is 0 Å². The summed E-state index contributed by atoms with van der Waals surface area (Å²) in [5.74, 6) is 0.900. The van der Waals surface area contributed by atoms with Gasteiger partial charge in [-0.2, -0.15) is 0 Å². The first-order chi connectivity index (χ1) is 12.4. The summed E-state index contributed by atoms with van der Waals surface area (Å²) in [7, 11) is 0. The van der Waals surface area contributed by atoms with E-state index in [4.69, 9.17) is 4.42 Å². The summed E-state index contributed by atoms with van der Waals surface area (Å²) < 4.78 is 5.26. The van der Waals surface area contributed by atoms with Crippen molar-refractivity contribution in [1.29, 1.82) is 0 Å². The highest BCUT2D eigenvalue weighted by Crippen LogP contribution is 2.14. The molecule has 0 radical (unpaired) electrons. The molecule has 146 valence electrons. The molecule has 0 atom stereocenters. The van der Waals surface area contributed by atoms with E-state index in [0.29, 0.717) is 0 Å². The van der Waals surface area contributed by atoms with E-state index in [2.05, 4.69) is 11.9 Å². The number of oxazole rings is 1. The largest absolute Gasteiger partial charge is 0.449 e. The molecule has 2 heteroatoms. The summed E-state index contributed by atoms with van der Waals surface area (Å²) in [6, 6.07) is 0. The fourth-order valence-electron chi connectivity index (χ4n) is 3.55. The maximum atomic E-state index is 5.26. The molecule has 0 unspecified atom stereocenters. The summed E-state index contributed by atoms with van der Waals surface area (Å²) in [5, 5.41) is 0. The van der Waals surface area contributed by atoms with E-state index >= 15 is 0 Å². The Bertz CT molecular complexity index is 347. The SMILES string of the molecule is CCCCCCCCCCCCCCCCCCCCc1ncco1. The molecule has 0 fully saturated rings. The predicted molar refractivity (Wildman–Crippen MR) is 109 cm³/mol. The van der Waals surface area contributed by atoms with Gasteiger partial charge in [-0.15, -0.1) is 0 Å². The van der Waals surface area contributed by atoms with Gasteiger partial charge < -0.3 is 4.42 Å². The van der Waals surface area contributed by atoms with Crippen LogP contribution in [-0.2, 0) is 6.42 Å². The van der Waals surface area contributed by atoms with Gasteiger partial charge in [-0.05, 0) is 6.42 Å². The number of rotatable bonds is 19. The fourth-order valence-corrected chi connectivity index (χ4v) is 3.55. The van der Waals surface area contributed by atoms with Crippen molar-refractivity contribution < 1.29 is 4.42 Å². The third-order valence-corrected chi connectivity index (χ3v) is 5.23. The highest BCUT2D eigenvalue weighted by atomic mass is 16.3. The Morgan fingerprint density at radius 2 is 1.00 bits per heavy atom. The van der Waals surface area contributed by atoms with Crippen LogP contribution in [-0.4, -0.2) is 4.98 Å². The van der Waals surface area contributed by atoms with E-state index < -0.39 is 0 Å². The molecule has 1 aromatic heterocycles. The molecule has 1 heterocycles. The van der Waals surface area contributed by atoms with Gasteiger partial charge in [0.25, 0.3) is 0 Å². The molecule has 0 aliphatic heterocycles. The quantitative estimate of drug-likeness (QED) is 0.235. The number of nitrogens with zero attached hydrogens (tertiary/aromatic N) is 1. The Morgan fingerprint density at radius 3 is 1.36 bits per heavy atom. The van der Waals surface area contributed by atoms with Crippen LogP contribution in [0.15, 0.2) is 16.9 Å². The first-order valence-corrected chi connectivity index (χ1v) is 11.3. The molecule has 1 rings (SSSR count). The summed E-state index contributed by atoms with van der Waals surface area (Å²) in [6.45, 7) is 2.29. The van der Waals surface area contributed by atoms with Crippen LogP contribution in [0.1, 0.15) is 128 Å². The lowest BCUT2D eigenvalue weighted by Crippen LogP contribution is -1.86. The molecule has 0 aliphatic rings. The van der Waals surface area contributed by atoms with Crippen molar-refractivity contribution in [3.63, 3.8) is 0 Å². The van der Waals surface area contributed by atoms with Crippen molar-refractivity contribution in [1.82, 2.24) is 4.98 Å². The van der Waals surface area contributed by atoms with E-state index in [1.165, 1.54) is 116 Å². The van der Waals surface area contributed by atoms with Crippen molar-refractivity contribution in [2.45, 2.75) is 129 Å². The highest BCUT2D eigenvalue weighted by Gasteiger charge is 1.98. The Hall–Kier alpha value is -0.790. The molecule has 0 saturated carbocycles. The van der Waals surface area contributed by atoms with Gasteiger partial charge in [0.05, 0.1) is 6.20 Å². The van der Waals surface area contributed by atoms with Gasteiger partial charge in [-0.25, -0.2) is 4.98 Å². The summed E-state index contributed by atoms with van der Waals surface area (Å²) in [4.78, 5) is 4.16. The molecule has 25 heavy (non-hydrogen) atoms. The van der Waals surface area contributed by atoms with E-state index in [-0.39, 0.29) is 0 Å². The van der Waals surface area contributed by atoms with Crippen molar-refractivity contribution in [2.75, 3.05) is 0 Å². The monoisotopic (exact) mass is 349 g/mol. The fraction of sp³-hybridized carbons (Fsp3) is 0.870. The zero-order chi connectivity index (χ0) is 17.8. The molecular weight excluding hydrogens is 306 g/mol. The van der Waals surface area contributed by atoms with Gasteiger partial charge >= 0.3 is 0 Å². The Labute approximate surface area is 157 Å². The van der Waals surface area contributed by atoms with Crippen molar-refractivity contribution in [2.24, 2.45) is 0 Å².